The van der Waals surface area contributed by atoms with Crippen LogP contribution in [0.15, 0.2) is 55.2 Å². The van der Waals surface area contributed by atoms with E-state index in [1.165, 1.54) is 0 Å². The standard InChI is InChI=1S/C14H9Cl2N3/c15-12-4-3-10(6-13(12)16)14-8-18-9-19(14)11-2-1-5-17-7-11/h1-9H. The predicted molar refractivity (Wildman–Crippen MR) is 76.8 cm³/mol. The average molecular weight is 290 g/mol. The Bertz CT molecular complexity index is 708. The first kappa shape index (κ1) is 12.2. The van der Waals surface area contributed by atoms with E-state index in [-0.39, 0.29) is 0 Å². The van der Waals surface area contributed by atoms with Gasteiger partial charge in [-0.25, -0.2) is 4.98 Å². The van der Waals surface area contributed by atoms with Crippen LogP contribution in [-0.2, 0) is 0 Å². The monoisotopic (exact) mass is 289 g/mol. The summed E-state index contributed by atoms with van der Waals surface area (Å²) in [6.45, 7) is 0. The molecule has 19 heavy (non-hydrogen) atoms. The van der Waals surface area contributed by atoms with Gasteiger partial charge in [-0.2, -0.15) is 0 Å². The first-order valence-corrected chi connectivity index (χ1v) is 6.39. The molecule has 2 aromatic heterocycles. The highest BCUT2D eigenvalue weighted by atomic mass is 35.5. The predicted octanol–water partition coefficient (Wildman–Crippen LogP) is 4.24. The lowest BCUT2D eigenvalue weighted by atomic mass is 10.1. The number of rotatable bonds is 2. The number of hydrogen-bond donors (Lipinski definition) is 0. The fourth-order valence-corrected chi connectivity index (χ4v) is 2.16. The maximum atomic E-state index is 6.06. The number of benzene rings is 1. The van der Waals surface area contributed by atoms with E-state index in [1.54, 1.807) is 31.0 Å². The van der Waals surface area contributed by atoms with Crippen molar-refractivity contribution in [1.82, 2.24) is 14.5 Å². The third kappa shape index (κ3) is 2.35. The molecule has 0 radical (unpaired) electrons. The Balaban J connectivity index is 2.12. The van der Waals surface area contributed by atoms with Crippen LogP contribution >= 0.6 is 23.2 Å². The minimum absolute atomic E-state index is 0.526. The number of imidazole rings is 1. The zero-order chi connectivity index (χ0) is 13.2. The minimum Gasteiger partial charge on any atom is -0.297 e. The first-order valence-electron chi connectivity index (χ1n) is 5.64. The molecule has 94 valence electrons. The van der Waals surface area contributed by atoms with Crippen LogP contribution in [0.1, 0.15) is 0 Å². The van der Waals surface area contributed by atoms with E-state index in [1.807, 2.05) is 28.8 Å². The topological polar surface area (TPSA) is 30.7 Å². The quantitative estimate of drug-likeness (QED) is 0.706. The van der Waals surface area contributed by atoms with Crippen LogP contribution in [0.2, 0.25) is 10.0 Å². The Kier molecular flexibility index (Phi) is 3.23. The summed E-state index contributed by atoms with van der Waals surface area (Å²) in [5.74, 6) is 0. The van der Waals surface area contributed by atoms with Gasteiger partial charge in [0.1, 0.15) is 0 Å². The molecule has 0 aliphatic rings. The lowest BCUT2D eigenvalue weighted by molar-refractivity contribution is 1.04. The van der Waals surface area contributed by atoms with Crippen molar-refractivity contribution >= 4 is 23.2 Å². The van der Waals surface area contributed by atoms with Crippen molar-refractivity contribution in [3.63, 3.8) is 0 Å². The van der Waals surface area contributed by atoms with E-state index in [9.17, 15) is 0 Å². The molecule has 0 saturated carbocycles. The smallest absolute Gasteiger partial charge is 0.0997 e. The van der Waals surface area contributed by atoms with E-state index in [0.717, 1.165) is 16.9 Å². The number of aromatic nitrogens is 3. The van der Waals surface area contributed by atoms with Crippen LogP contribution in [0.4, 0.5) is 0 Å². The Hall–Kier alpha value is -1.84. The van der Waals surface area contributed by atoms with Gasteiger partial charge in [0, 0.05) is 11.8 Å². The molecule has 0 atom stereocenters. The molecule has 0 aliphatic heterocycles. The average Bonchev–Trinajstić information content (AvgIpc) is 2.92. The van der Waals surface area contributed by atoms with Gasteiger partial charge in [-0.15, -0.1) is 0 Å². The van der Waals surface area contributed by atoms with Gasteiger partial charge in [0.15, 0.2) is 0 Å². The van der Waals surface area contributed by atoms with Gasteiger partial charge < -0.3 is 0 Å². The normalized spacial score (nSPS) is 10.6. The van der Waals surface area contributed by atoms with Gasteiger partial charge in [-0.3, -0.25) is 9.55 Å². The van der Waals surface area contributed by atoms with Crippen LogP contribution in [-0.4, -0.2) is 14.5 Å². The molecule has 0 saturated heterocycles. The molecular weight excluding hydrogens is 281 g/mol. The molecule has 3 nitrogen and oxygen atoms in total. The second-order valence-corrected chi connectivity index (χ2v) is 4.80. The fourth-order valence-electron chi connectivity index (χ4n) is 1.87. The maximum absolute atomic E-state index is 6.06. The van der Waals surface area contributed by atoms with Crippen molar-refractivity contribution in [3.8, 4) is 16.9 Å². The zero-order valence-corrected chi connectivity index (χ0v) is 11.3. The van der Waals surface area contributed by atoms with Crippen LogP contribution < -0.4 is 0 Å². The summed E-state index contributed by atoms with van der Waals surface area (Å²) in [7, 11) is 0. The van der Waals surface area contributed by atoms with Crippen LogP contribution in [0.25, 0.3) is 16.9 Å². The highest BCUT2D eigenvalue weighted by molar-refractivity contribution is 6.42. The van der Waals surface area contributed by atoms with Gasteiger partial charge in [0.2, 0.25) is 0 Å². The number of pyridine rings is 1. The third-order valence-electron chi connectivity index (χ3n) is 2.78. The molecule has 2 heterocycles. The van der Waals surface area contributed by atoms with Crippen LogP contribution in [0.3, 0.4) is 0 Å². The Morgan fingerprint density at radius 2 is 1.84 bits per heavy atom. The Morgan fingerprint density at radius 3 is 2.58 bits per heavy atom. The second-order valence-electron chi connectivity index (χ2n) is 3.99. The summed E-state index contributed by atoms with van der Waals surface area (Å²) in [5.41, 5.74) is 2.84. The molecule has 0 unspecified atom stereocenters. The summed E-state index contributed by atoms with van der Waals surface area (Å²) in [5, 5.41) is 1.07. The molecule has 1 aromatic carbocycles. The third-order valence-corrected chi connectivity index (χ3v) is 3.52. The summed E-state index contributed by atoms with van der Waals surface area (Å²) < 4.78 is 1.95. The lowest BCUT2D eigenvalue weighted by Crippen LogP contribution is -1.95. The first-order chi connectivity index (χ1) is 9.25. The summed E-state index contributed by atoms with van der Waals surface area (Å²) in [6, 6.07) is 9.37. The molecule has 0 spiro atoms. The van der Waals surface area contributed by atoms with E-state index >= 15 is 0 Å². The van der Waals surface area contributed by atoms with Crippen LogP contribution in [0, 0.1) is 0 Å². The highest BCUT2D eigenvalue weighted by Gasteiger charge is 2.08. The second kappa shape index (κ2) is 5.03. The molecule has 5 heteroatoms. The fraction of sp³-hybridized carbons (Fsp3) is 0. The molecule has 0 aliphatic carbocycles. The van der Waals surface area contributed by atoms with E-state index in [2.05, 4.69) is 9.97 Å². The van der Waals surface area contributed by atoms with Crippen molar-refractivity contribution < 1.29 is 0 Å². The summed E-state index contributed by atoms with van der Waals surface area (Å²) in [4.78, 5) is 8.30. The molecule has 0 N–H and O–H groups in total. The number of hydrogen-bond acceptors (Lipinski definition) is 2. The molecular formula is C14H9Cl2N3. The Morgan fingerprint density at radius 1 is 0.947 bits per heavy atom. The van der Waals surface area contributed by atoms with E-state index in [0.29, 0.717) is 10.0 Å². The molecule has 3 aromatic rings. The molecule has 0 fully saturated rings. The Labute approximate surface area is 120 Å². The summed E-state index contributed by atoms with van der Waals surface area (Å²) in [6.07, 6.45) is 7.05. The van der Waals surface area contributed by atoms with Gasteiger partial charge in [-0.1, -0.05) is 29.3 Å². The lowest BCUT2D eigenvalue weighted by Gasteiger charge is -2.08. The molecule has 0 bridgehead atoms. The van der Waals surface area contributed by atoms with Crippen molar-refractivity contribution in [1.29, 1.82) is 0 Å². The van der Waals surface area contributed by atoms with Crippen molar-refractivity contribution in [2.75, 3.05) is 0 Å². The molecule has 3 rings (SSSR count). The molecule has 0 amide bonds. The maximum Gasteiger partial charge on any atom is 0.0997 e. The number of halogens is 2. The van der Waals surface area contributed by atoms with Crippen molar-refractivity contribution in [2.45, 2.75) is 0 Å². The SMILES string of the molecule is Clc1ccc(-c2cncn2-c2cccnc2)cc1Cl. The van der Waals surface area contributed by atoms with E-state index < -0.39 is 0 Å². The van der Waals surface area contributed by atoms with Gasteiger partial charge in [0.05, 0.1) is 40.1 Å². The zero-order valence-electron chi connectivity index (χ0n) is 9.79. The van der Waals surface area contributed by atoms with E-state index in [4.69, 9.17) is 23.2 Å². The largest absolute Gasteiger partial charge is 0.297 e. The van der Waals surface area contributed by atoms with Crippen molar-refractivity contribution in [3.05, 3.63) is 65.3 Å². The van der Waals surface area contributed by atoms with Crippen LogP contribution in [0.5, 0.6) is 0 Å². The number of nitrogens with zero attached hydrogens (tertiary/aromatic N) is 3. The highest BCUT2D eigenvalue weighted by Crippen LogP contribution is 2.29. The minimum atomic E-state index is 0.526. The van der Waals surface area contributed by atoms with Gasteiger partial charge in [-0.05, 0) is 24.3 Å². The van der Waals surface area contributed by atoms with Gasteiger partial charge in [0.25, 0.3) is 0 Å². The summed E-state index contributed by atoms with van der Waals surface area (Å²) >= 11 is 12.0. The van der Waals surface area contributed by atoms with Gasteiger partial charge >= 0.3 is 0 Å². The van der Waals surface area contributed by atoms with Crippen molar-refractivity contribution in [2.24, 2.45) is 0 Å².